The van der Waals surface area contributed by atoms with Crippen LogP contribution in [0.1, 0.15) is 51.9 Å². The molecule has 0 aromatic heterocycles. The lowest BCUT2D eigenvalue weighted by atomic mass is 10.0. The maximum atomic E-state index is 12.4. The van der Waals surface area contributed by atoms with E-state index in [4.69, 9.17) is 10.8 Å². The summed E-state index contributed by atoms with van der Waals surface area (Å²) >= 11 is 0. The summed E-state index contributed by atoms with van der Waals surface area (Å²) in [4.78, 5) is 13.8. The van der Waals surface area contributed by atoms with Gasteiger partial charge < -0.3 is 36.2 Å². The molecule has 0 saturated carbocycles. The van der Waals surface area contributed by atoms with E-state index in [1.54, 1.807) is 0 Å². The number of aliphatic hydroxyl groups excluding tert-OH is 5. The van der Waals surface area contributed by atoms with Crippen molar-refractivity contribution in [2.75, 3.05) is 26.2 Å². The smallest absolute Gasteiger partial charge is 0.254 e. The van der Waals surface area contributed by atoms with Crippen molar-refractivity contribution in [2.45, 2.75) is 76.3 Å². The average molecular weight is 364 g/mol. The van der Waals surface area contributed by atoms with Gasteiger partial charge in [0.15, 0.2) is 6.10 Å². The van der Waals surface area contributed by atoms with Crippen LogP contribution in [-0.4, -0.2) is 87.0 Å². The Bertz CT molecular complexity index is 345. The second kappa shape index (κ2) is 14.4. The Morgan fingerprint density at radius 3 is 2.04 bits per heavy atom. The lowest BCUT2D eigenvalue weighted by molar-refractivity contribution is -0.158. The molecule has 8 heteroatoms. The van der Waals surface area contributed by atoms with Gasteiger partial charge in [-0.2, -0.15) is 0 Å². The van der Waals surface area contributed by atoms with E-state index in [-0.39, 0.29) is 0 Å². The van der Waals surface area contributed by atoms with Crippen molar-refractivity contribution in [3.05, 3.63) is 0 Å². The molecule has 4 atom stereocenters. The molecule has 0 aromatic rings. The molecule has 25 heavy (non-hydrogen) atoms. The maximum Gasteiger partial charge on any atom is 0.254 e. The van der Waals surface area contributed by atoms with Crippen LogP contribution < -0.4 is 5.73 Å². The van der Waals surface area contributed by atoms with Gasteiger partial charge in [-0.25, -0.2) is 0 Å². The summed E-state index contributed by atoms with van der Waals surface area (Å²) in [5.41, 5.74) is 5.48. The Labute approximate surface area is 150 Å². The highest BCUT2D eigenvalue weighted by Crippen LogP contribution is 2.11. The Morgan fingerprint density at radius 1 is 0.920 bits per heavy atom. The van der Waals surface area contributed by atoms with Gasteiger partial charge in [-0.05, 0) is 19.4 Å². The minimum absolute atomic E-state index is 0.354. The molecular formula is C17H36N2O6. The summed E-state index contributed by atoms with van der Waals surface area (Å²) < 4.78 is 0. The molecule has 0 rings (SSSR count). The summed E-state index contributed by atoms with van der Waals surface area (Å²) in [6, 6.07) is 0. The van der Waals surface area contributed by atoms with E-state index in [2.05, 4.69) is 6.92 Å². The first kappa shape index (κ1) is 24.2. The zero-order valence-corrected chi connectivity index (χ0v) is 15.3. The van der Waals surface area contributed by atoms with Gasteiger partial charge in [0.05, 0.1) is 6.61 Å². The van der Waals surface area contributed by atoms with Crippen molar-refractivity contribution in [2.24, 2.45) is 5.73 Å². The van der Waals surface area contributed by atoms with Crippen molar-refractivity contribution in [1.29, 1.82) is 0 Å². The highest BCUT2D eigenvalue weighted by atomic mass is 16.4. The zero-order chi connectivity index (χ0) is 19.2. The van der Waals surface area contributed by atoms with E-state index in [1.807, 2.05) is 0 Å². The monoisotopic (exact) mass is 364 g/mol. The summed E-state index contributed by atoms with van der Waals surface area (Å²) in [7, 11) is 0. The number of carbonyl (C=O) groups excluding carboxylic acids is 1. The number of unbranched alkanes of at least 4 members (excludes halogenated alkanes) is 5. The van der Waals surface area contributed by atoms with Gasteiger partial charge in [-0.3, -0.25) is 4.79 Å². The minimum Gasteiger partial charge on any atom is -0.394 e. The van der Waals surface area contributed by atoms with Crippen LogP contribution in [0.3, 0.4) is 0 Å². The van der Waals surface area contributed by atoms with E-state index in [0.717, 1.165) is 32.1 Å². The van der Waals surface area contributed by atoms with Crippen LogP contribution in [0.4, 0.5) is 0 Å². The van der Waals surface area contributed by atoms with Gasteiger partial charge >= 0.3 is 0 Å². The van der Waals surface area contributed by atoms with E-state index in [1.165, 1.54) is 11.3 Å². The van der Waals surface area contributed by atoms with Gasteiger partial charge in [-0.1, -0.05) is 39.0 Å². The first-order valence-corrected chi connectivity index (χ1v) is 9.22. The Morgan fingerprint density at radius 2 is 1.48 bits per heavy atom. The molecule has 8 nitrogen and oxygen atoms in total. The number of nitrogens with two attached hydrogens (primary N) is 1. The van der Waals surface area contributed by atoms with Gasteiger partial charge in [0.2, 0.25) is 0 Å². The van der Waals surface area contributed by atoms with Gasteiger partial charge in [0.1, 0.15) is 18.3 Å². The third kappa shape index (κ3) is 9.48. The molecular weight excluding hydrogens is 328 g/mol. The van der Waals surface area contributed by atoms with E-state index >= 15 is 0 Å². The fourth-order valence-electron chi connectivity index (χ4n) is 2.55. The van der Waals surface area contributed by atoms with Crippen molar-refractivity contribution >= 4 is 5.91 Å². The predicted molar refractivity (Wildman–Crippen MR) is 94.7 cm³/mol. The topological polar surface area (TPSA) is 147 Å². The molecule has 0 spiro atoms. The molecule has 1 amide bonds. The lowest BCUT2D eigenvalue weighted by Gasteiger charge is -2.30. The van der Waals surface area contributed by atoms with Crippen LogP contribution in [-0.2, 0) is 4.79 Å². The number of carbonyl (C=O) groups is 1. The second-order valence-corrected chi connectivity index (χ2v) is 6.41. The van der Waals surface area contributed by atoms with E-state index in [0.29, 0.717) is 26.1 Å². The number of rotatable bonds is 15. The standard InChI is InChI=1S/C17H36N2O6/c1-2-3-4-5-6-7-10-19(11-8-9-18)17(25)16(24)15(23)14(22)13(21)12-20/h13-16,20-24H,2-12,18H2,1H3/t13-,14-,15+,16-/m1/s1. The lowest BCUT2D eigenvalue weighted by Crippen LogP contribution is -2.53. The molecule has 0 unspecified atom stereocenters. The van der Waals surface area contributed by atoms with Crippen molar-refractivity contribution < 1.29 is 30.3 Å². The molecule has 0 aromatic carbocycles. The first-order chi connectivity index (χ1) is 11.9. The highest BCUT2D eigenvalue weighted by Gasteiger charge is 2.36. The number of aliphatic hydroxyl groups is 5. The van der Waals surface area contributed by atoms with Crippen LogP contribution in [0, 0.1) is 0 Å². The van der Waals surface area contributed by atoms with Crippen LogP contribution in [0.15, 0.2) is 0 Å². The number of hydrogen-bond acceptors (Lipinski definition) is 7. The van der Waals surface area contributed by atoms with Crippen LogP contribution in [0.25, 0.3) is 0 Å². The number of amides is 1. The molecule has 0 aliphatic heterocycles. The second-order valence-electron chi connectivity index (χ2n) is 6.41. The third-order valence-electron chi connectivity index (χ3n) is 4.23. The molecule has 0 saturated heterocycles. The summed E-state index contributed by atoms with van der Waals surface area (Å²) in [6.07, 6.45) is -0.289. The van der Waals surface area contributed by atoms with Gasteiger partial charge in [-0.15, -0.1) is 0 Å². The number of hydrogen-bond donors (Lipinski definition) is 6. The Hall–Kier alpha value is -0.770. The van der Waals surface area contributed by atoms with E-state index < -0.39 is 36.9 Å². The van der Waals surface area contributed by atoms with Crippen molar-refractivity contribution in [3.8, 4) is 0 Å². The predicted octanol–water partition coefficient (Wildman–Crippen LogP) is -1.04. The summed E-state index contributed by atoms with van der Waals surface area (Å²) in [5, 5.41) is 47.7. The normalized spacial score (nSPS) is 16.3. The summed E-state index contributed by atoms with van der Waals surface area (Å²) in [5.74, 6) is -0.710. The molecule has 0 aliphatic rings. The van der Waals surface area contributed by atoms with E-state index in [9.17, 15) is 25.2 Å². The third-order valence-corrected chi connectivity index (χ3v) is 4.23. The molecule has 0 radical (unpaired) electrons. The van der Waals surface area contributed by atoms with Crippen LogP contribution in [0.5, 0.6) is 0 Å². The SMILES string of the molecule is CCCCCCCCN(CCCN)C(=O)[C@H](O)[C@@H](O)[C@H](O)[C@H](O)CO. The van der Waals surface area contributed by atoms with Crippen molar-refractivity contribution in [1.82, 2.24) is 4.90 Å². The fourth-order valence-corrected chi connectivity index (χ4v) is 2.55. The van der Waals surface area contributed by atoms with Gasteiger partial charge in [0, 0.05) is 13.1 Å². The fraction of sp³-hybridized carbons (Fsp3) is 0.941. The zero-order valence-electron chi connectivity index (χ0n) is 15.3. The average Bonchev–Trinajstić information content (AvgIpc) is 2.63. The Balaban J connectivity index is 4.58. The first-order valence-electron chi connectivity index (χ1n) is 9.22. The largest absolute Gasteiger partial charge is 0.394 e. The molecule has 0 bridgehead atoms. The van der Waals surface area contributed by atoms with Gasteiger partial charge in [0.25, 0.3) is 5.91 Å². The summed E-state index contributed by atoms with van der Waals surface area (Å²) in [6.45, 7) is 2.54. The molecule has 0 fully saturated rings. The number of nitrogens with zero attached hydrogens (tertiary/aromatic N) is 1. The minimum atomic E-state index is -1.88. The Kier molecular flexibility index (Phi) is 14.0. The highest BCUT2D eigenvalue weighted by molar-refractivity contribution is 5.81. The molecule has 150 valence electrons. The van der Waals surface area contributed by atoms with Crippen LogP contribution >= 0.6 is 0 Å². The maximum absolute atomic E-state index is 12.4. The van der Waals surface area contributed by atoms with Crippen LogP contribution in [0.2, 0.25) is 0 Å². The molecule has 0 heterocycles. The molecule has 0 aliphatic carbocycles. The quantitative estimate of drug-likeness (QED) is 0.203. The molecule has 7 N–H and O–H groups in total. The van der Waals surface area contributed by atoms with Crippen molar-refractivity contribution in [3.63, 3.8) is 0 Å².